The molecule has 1 heterocycles. The van der Waals surface area contributed by atoms with Crippen LogP contribution in [0.3, 0.4) is 0 Å². The Balaban J connectivity index is 2.52. The molecule has 2 rings (SSSR count). The lowest BCUT2D eigenvalue weighted by Crippen LogP contribution is -2.47. The summed E-state index contributed by atoms with van der Waals surface area (Å²) >= 11 is 0. The van der Waals surface area contributed by atoms with Crippen molar-refractivity contribution in [3.8, 4) is 0 Å². The van der Waals surface area contributed by atoms with Crippen LogP contribution in [0.15, 0.2) is 18.2 Å². The van der Waals surface area contributed by atoms with Gasteiger partial charge in [-0.1, -0.05) is 24.6 Å². The zero-order chi connectivity index (χ0) is 11.9. The molecule has 0 fully saturated rings. The van der Waals surface area contributed by atoms with Crippen LogP contribution in [0.25, 0.3) is 0 Å². The van der Waals surface area contributed by atoms with Crippen molar-refractivity contribution in [3.05, 3.63) is 29.3 Å². The van der Waals surface area contributed by atoms with E-state index < -0.39 is 6.23 Å². The smallest absolute Gasteiger partial charge is 0.225 e. The molecule has 3 heteroatoms. The maximum Gasteiger partial charge on any atom is 0.225 e. The second-order valence-corrected chi connectivity index (χ2v) is 4.62. The molecule has 1 N–H and O–H groups in total. The molecule has 0 unspecified atom stereocenters. The molecule has 0 saturated heterocycles. The summed E-state index contributed by atoms with van der Waals surface area (Å²) in [6.07, 6.45) is 0.120. The van der Waals surface area contributed by atoms with E-state index in [1.165, 1.54) is 17.4 Å². The fourth-order valence-electron chi connectivity index (χ4n) is 2.32. The molecule has 0 saturated carbocycles. The molecule has 0 aromatic heterocycles. The highest BCUT2D eigenvalue weighted by molar-refractivity contribution is 5.93. The number of anilines is 1. The summed E-state index contributed by atoms with van der Waals surface area (Å²) in [6, 6.07) is 5.98. The van der Waals surface area contributed by atoms with Gasteiger partial charge in [0.1, 0.15) is 6.23 Å². The summed E-state index contributed by atoms with van der Waals surface area (Å²) in [5.41, 5.74) is 3.18. The number of hydrogen-bond acceptors (Lipinski definition) is 2. The van der Waals surface area contributed by atoms with Crippen LogP contribution in [0.1, 0.15) is 25.0 Å². The van der Waals surface area contributed by atoms with Gasteiger partial charge in [0.2, 0.25) is 5.91 Å². The van der Waals surface area contributed by atoms with Gasteiger partial charge in [-0.05, 0) is 25.0 Å². The lowest BCUT2D eigenvalue weighted by Gasteiger charge is -2.37. The molecule has 16 heavy (non-hydrogen) atoms. The van der Waals surface area contributed by atoms with E-state index in [0.29, 0.717) is 0 Å². The van der Waals surface area contributed by atoms with Gasteiger partial charge in [0, 0.05) is 18.5 Å². The summed E-state index contributed by atoms with van der Waals surface area (Å²) in [5.74, 6) is -0.0256. The van der Waals surface area contributed by atoms with Gasteiger partial charge in [-0.3, -0.25) is 9.69 Å². The van der Waals surface area contributed by atoms with Crippen molar-refractivity contribution < 1.29 is 9.90 Å². The minimum Gasteiger partial charge on any atom is -0.373 e. The summed E-state index contributed by atoms with van der Waals surface area (Å²) in [5, 5.41) is 10.0. The first-order valence-electron chi connectivity index (χ1n) is 5.58. The van der Waals surface area contributed by atoms with E-state index in [1.54, 1.807) is 0 Å². The van der Waals surface area contributed by atoms with Gasteiger partial charge in [-0.15, -0.1) is 0 Å². The molecule has 1 amide bonds. The molecule has 0 aliphatic carbocycles. The Kier molecular flexibility index (Phi) is 2.72. The monoisotopic (exact) mass is 219 g/mol. The molecule has 86 valence electrons. The number of fused-ring (bicyclic) bond motifs is 1. The Morgan fingerprint density at radius 2 is 2.19 bits per heavy atom. The van der Waals surface area contributed by atoms with Crippen molar-refractivity contribution in [3.63, 3.8) is 0 Å². The van der Waals surface area contributed by atoms with Crippen molar-refractivity contribution in [1.82, 2.24) is 0 Å². The molecule has 0 spiro atoms. The summed E-state index contributed by atoms with van der Waals surface area (Å²) in [6.45, 7) is 5.49. The molecule has 1 aliphatic rings. The third-order valence-electron chi connectivity index (χ3n) is 3.15. The first kappa shape index (κ1) is 11.1. The zero-order valence-corrected chi connectivity index (χ0v) is 9.90. The largest absolute Gasteiger partial charge is 0.373 e. The lowest BCUT2D eigenvalue weighted by atomic mass is 9.91. The Bertz CT molecular complexity index is 428. The van der Waals surface area contributed by atoms with Crippen LogP contribution in [-0.4, -0.2) is 17.2 Å². The van der Waals surface area contributed by atoms with Gasteiger partial charge in [0.15, 0.2) is 0 Å². The number of benzene rings is 1. The molecule has 3 nitrogen and oxygen atoms in total. The SMILES string of the molecule is CC(=O)N1c2ccc(C)cc2C[C@@H](C)[C@@H]1O. The molecule has 1 aromatic carbocycles. The third-order valence-corrected chi connectivity index (χ3v) is 3.15. The second kappa shape index (κ2) is 3.91. The molecule has 1 aliphatic heterocycles. The van der Waals surface area contributed by atoms with Crippen molar-refractivity contribution in [2.24, 2.45) is 5.92 Å². The first-order chi connectivity index (χ1) is 7.50. The number of carbonyl (C=O) groups is 1. The highest BCUT2D eigenvalue weighted by atomic mass is 16.3. The molecule has 1 aromatic rings. The minimum atomic E-state index is -0.701. The van der Waals surface area contributed by atoms with E-state index in [1.807, 2.05) is 26.0 Å². The third kappa shape index (κ3) is 1.71. The summed E-state index contributed by atoms with van der Waals surface area (Å²) in [4.78, 5) is 13.1. The van der Waals surface area contributed by atoms with E-state index in [9.17, 15) is 9.90 Å². The number of nitrogens with zero attached hydrogens (tertiary/aromatic N) is 1. The number of aliphatic hydroxyl groups excluding tert-OH is 1. The van der Waals surface area contributed by atoms with Gasteiger partial charge in [-0.2, -0.15) is 0 Å². The zero-order valence-electron chi connectivity index (χ0n) is 9.90. The molecule has 0 radical (unpaired) electrons. The van der Waals surface area contributed by atoms with Gasteiger partial charge in [0.25, 0.3) is 0 Å². The molecular formula is C13H17NO2. The molecule has 0 bridgehead atoms. The van der Waals surface area contributed by atoms with Gasteiger partial charge < -0.3 is 5.11 Å². The second-order valence-electron chi connectivity index (χ2n) is 4.62. The highest BCUT2D eigenvalue weighted by Gasteiger charge is 2.32. The Morgan fingerprint density at radius 1 is 1.50 bits per heavy atom. The fraction of sp³-hybridized carbons (Fsp3) is 0.462. The Labute approximate surface area is 95.7 Å². The van der Waals surface area contributed by atoms with Crippen LogP contribution in [0.2, 0.25) is 0 Å². The average Bonchev–Trinajstić information content (AvgIpc) is 2.19. The van der Waals surface area contributed by atoms with E-state index in [-0.39, 0.29) is 11.8 Å². The average molecular weight is 219 g/mol. The molecule has 2 atom stereocenters. The quantitative estimate of drug-likeness (QED) is 0.723. The minimum absolute atomic E-state index is 0.0817. The number of amides is 1. The van der Waals surface area contributed by atoms with Crippen molar-refractivity contribution in [1.29, 1.82) is 0 Å². The van der Waals surface area contributed by atoms with Crippen LogP contribution in [0.5, 0.6) is 0 Å². The van der Waals surface area contributed by atoms with Crippen molar-refractivity contribution in [2.45, 2.75) is 33.4 Å². The molecular weight excluding hydrogens is 202 g/mol. The van der Waals surface area contributed by atoms with Gasteiger partial charge >= 0.3 is 0 Å². The van der Waals surface area contributed by atoms with E-state index >= 15 is 0 Å². The number of hydrogen-bond donors (Lipinski definition) is 1. The first-order valence-corrected chi connectivity index (χ1v) is 5.58. The Morgan fingerprint density at radius 3 is 2.81 bits per heavy atom. The van der Waals surface area contributed by atoms with E-state index in [0.717, 1.165) is 17.7 Å². The summed E-state index contributed by atoms with van der Waals surface area (Å²) in [7, 11) is 0. The number of rotatable bonds is 0. The topological polar surface area (TPSA) is 40.5 Å². The predicted octanol–water partition coefficient (Wildman–Crippen LogP) is 1.86. The van der Waals surface area contributed by atoms with Crippen LogP contribution in [-0.2, 0) is 11.2 Å². The van der Waals surface area contributed by atoms with Gasteiger partial charge in [0.05, 0.1) is 0 Å². The van der Waals surface area contributed by atoms with Crippen LogP contribution in [0.4, 0.5) is 5.69 Å². The normalized spacial score (nSPS) is 24.1. The highest BCUT2D eigenvalue weighted by Crippen LogP contribution is 2.33. The van der Waals surface area contributed by atoms with E-state index in [2.05, 4.69) is 6.07 Å². The van der Waals surface area contributed by atoms with Crippen LogP contribution < -0.4 is 4.90 Å². The number of aliphatic hydroxyl groups is 1. The standard InChI is InChI=1S/C13H17NO2/c1-8-4-5-12-11(6-8)7-9(2)13(16)14(12)10(3)15/h4-6,9,13,16H,7H2,1-3H3/t9-,13+/m1/s1. The maximum absolute atomic E-state index is 11.6. The van der Waals surface area contributed by atoms with Crippen LogP contribution in [0, 0.1) is 12.8 Å². The van der Waals surface area contributed by atoms with Crippen LogP contribution >= 0.6 is 0 Å². The number of aryl methyl sites for hydroxylation is 1. The lowest BCUT2D eigenvalue weighted by molar-refractivity contribution is -0.119. The van der Waals surface area contributed by atoms with Crippen molar-refractivity contribution >= 4 is 11.6 Å². The number of carbonyl (C=O) groups excluding carboxylic acids is 1. The van der Waals surface area contributed by atoms with Gasteiger partial charge in [-0.25, -0.2) is 0 Å². The van der Waals surface area contributed by atoms with Crippen molar-refractivity contribution in [2.75, 3.05) is 4.90 Å². The predicted molar refractivity (Wildman–Crippen MR) is 63.2 cm³/mol. The van der Waals surface area contributed by atoms with E-state index in [4.69, 9.17) is 0 Å². The maximum atomic E-state index is 11.6. The fourth-order valence-corrected chi connectivity index (χ4v) is 2.32. The summed E-state index contributed by atoms with van der Waals surface area (Å²) < 4.78 is 0. The Hall–Kier alpha value is -1.35.